The number of rotatable bonds is 6. The molecule has 1 aliphatic rings. The molecule has 0 radical (unpaired) electrons. The molecule has 0 aliphatic heterocycles. The van der Waals surface area contributed by atoms with E-state index in [1.165, 1.54) is 23.5 Å². The summed E-state index contributed by atoms with van der Waals surface area (Å²) in [6.45, 7) is 2.15. The molecule has 31 heavy (non-hydrogen) atoms. The van der Waals surface area contributed by atoms with Gasteiger partial charge in [0.2, 0.25) is 0 Å². The van der Waals surface area contributed by atoms with Crippen LogP contribution in [0.25, 0.3) is 21.7 Å². The van der Waals surface area contributed by atoms with Crippen LogP contribution in [0.4, 0.5) is 4.39 Å². The number of carbonyl (C=O) groups is 1. The molecule has 0 bridgehead atoms. The van der Waals surface area contributed by atoms with E-state index in [9.17, 15) is 9.18 Å². The van der Waals surface area contributed by atoms with Gasteiger partial charge in [-0.05, 0) is 48.9 Å². The van der Waals surface area contributed by atoms with Gasteiger partial charge in [0.1, 0.15) is 29.8 Å². The van der Waals surface area contributed by atoms with Gasteiger partial charge in [0.05, 0.1) is 10.6 Å². The van der Waals surface area contributed by atoms with Gasteiger partial charge in [0.15, 0.2) is 0 Å². The van der Waals surface area contributed by atoms with Gasteiger partial charge in [-0.3, -0.25) is 4.79 Å². The molecule has 1 atom stereocenters. The summed E-state index contributed by atoms with van der Waals surface area (Å²) in [6.07, 6.45) is 3.93. The molecule has 0 saturated carbocycles. The van der Waals surface area contributed by atoms with E-state index < -0.39 is 6.10 Å². The fraction of sp³-hybridized carbons (Fsp3) is 0.120. The maximum atomic E-state index is 13.4. The highest BCUT2D eigenvalue weighted by molar-refractivity contribution is 7.15. The lowest BCUT2D eigenvalue weighted by Crippen LogP contribution is -2.07. The molecule has 0 spiro atoms. The number of hydrogen-bond acceptors (Lipinski definition) is 4. The van der Waals surface area contributed by atoms with Gasteiger partial charge in [-0.1, -0.05) is 47.7 Å². The number of ether oxygens (including phenoxy) is 1. The maximum Gasteiger partial charge on any atom is 0.150 e. The van der Waals surface area contributed by atoms with Gasteiger partial charge in [-0.25, -0.2) is 9.37 Å². The molecule has 0 amide bonds. The zero-order valence-electron chi connectivity index (χ0n) is 16.6. The molecule has 1 unspecified atom stereocenters. The number of nitrogens with zero attached hydrogens (tertiary/aromatic N) is 1. The Bertz CT molecular complexity index is 1230. The Labute approximate surface area is 188 Å². The second kappa shape index (κ2) is 9.40. The number of hydrogen-bond donors (Lipinski definition) is 0. The van der Waals surface area contributed by atoms with E-state index in [1.54, 1.807) is 36.4 Å². The fourth-order valence-corrected chi connectivity index (χ4v) is 4.34. The summed E-state index contributed by atoms with van der Waals surface area (Å²) in [5.74, 6) is 5.74. The Morgan fingerprint density at radius 3 is 2.58 bits per heavy atom. The van der Waals surface area contributed by atoms with E-state index in [0.29, 0.717) is 10.6 Å². The standard InChI is InChI=1S/C25H17ClFNO2S/c1-16-2-11-22(13-20(26)12-16)30-15-23-28-24(18-7-9-21(27)10-8-18)25(31-23)19-5-3-17(14-29)4-6-19/h3-10,12-14,22H,15H2,1H3. The minimum atomic E-state index is -0.435. The van der Waals surface area contributed by atoms with E-state index in [-0.39, 0.29) is 12.4 Å². The van der Waals surface area contributed by atoms with Gasteiger partial charge in [0, 0.05) is 21.7 Å². The molecule has 0 N–H and O–H groups in total. The summed E-state index contributed by atoms with van der Waals surface area (Å²) < 4.78 is 19.4. The Morgan fingerprint density at radius 1 is 1.16 bits per heavy atom. The number of aldehydes is 1. The van der Waals surface area contributed by atoms with Crippen LogP contribution >= 0.6 is 22.9 Å². The van der Waals surface area contributed by atoms with Crippen molar-refractivity contribution < 1.29 is 13.9 Å². The Morgan fingerprint density at radius 2 is 1.87 bits per heavy atom. The first-order valence-corrected chi connectivity index (χ1v) is 10.7. The first-order chi connectivity index (χ1) is 15.0. The van der Waals surface area contributed by atoms with Crippen LogP contribution in [0.3, 0.4) is 0 Å². The van der Waals surface area contributed by atoms with Crippen LogP contribution in [-0.4, -0.2) is 17.4 Å². The van der Waals surface area contributed by atoms with Crippen molar-refractivity contribution >= 4 is 29.2 Å². The van der Waals surface area contributed by atoms with Gasteiger partial charge < -0.3 is 4.74 Å². The van der Waals surface area contributed by atoms with Crippen molar-refractivity contribution in [2.75, 3.05) is 0 Å². The summed E-state index contributed by atoms with van der Waals surface area (Å²) in [7, 11) is 0. The predicted octanol–water partition coefficient (Wildman–Crippen LogP) is 6.40. The largest absolute Gasteiger partial charge is 0.354 e. The van der Waals surface area contributed by atoms with Crippen LogP contribution in [0, 0.1) is 17.7 Å². The molecule has 2 aromatic carbocycles. The van der Waals surface area contributed by atoms with E-state index in [0.717, 1.165) is 38.6 Å². The van der Waals surface area contributed by atoms with E-state index in [1.807, 2.05) is 19.1 Å². The average Bonchev–Trinajstić information content (AvgIpc) is 3.12. The third kappa shape index (κ3) is 5.18. The van der Waals surface area contributed by atoms with Crippen molar-refractivity contribution in [3.8, 4) is 33.5 Å². The second-order valence-electron chi connectivity index (χ2n) is 6.91. The highest BCUT2D eigenvalue weighted by Crippen LogP contribution is 2.37. The molecule has 3 nitrogen and oxygen atoms in total. The molecule has 1 aromatic heterocycles. The smallest absolute Gasteiger partial charge is 0.150 e. The minimum absolute atomic E-state index is 0.254. The van der Waals surface area contributed by atoms with Crippen LogP contribution < -0.4 is 0 Å². The quantitative estimate of drug-likeness (QED) is 0.323. The van der Waals surface area contributed by atoms with E-state index >= 15 is 0 Å². The SMILES string of the molecule is CC1=CC(Cl)=CC(OCc2nc(-c3ccc(F)cc3)c(-c3ccc(C=O)cc3)s2)C#C1. The van der Waals surface area contributed by atoms with Gasteiger partial charge in [0.25, 0.3) is 0 Å². The summed E-state index contributed by atoms with van der Waals surface area (Å²) in [6, 6.07) is 13.5. The number of carbonyl (C=O) groups excluding carboxylic acids is 1. The van der Waals surface area contributed by atoms with Crippen molar-refractivity contribution in [2.24, 2.45) is 0 Å². The van der Waals surface area contributed by atoms with Gasteiger partial charge in [-0.15, -0.1) is 11.3 Å². The van der Waals surface area contributed by atoms with Crippen molar-refractivity contribution in [2.45, 2.75) is 19.6 Å². The topological polar surface area (TPSA) is 39.2 Å². The van der Waals surface area contributed by atoms with Crippen LogP contribution in [0.2, 0.25) is 0 Å². The van der Waals surface area contributed by atoms with Gasteiger partial charge in [-0.2, -0.15) is 0 Å². The van der Waals surface area contributed by atoms with E-state index in [4.69, 9.17) is 21.3 Å². The lowest BCUT2D eigenvalue weighted by Gasteiger charge is -2.06. The Kier molecular flexibility index (Phi) is 6.43. The van der Waals surface area contributed by atoms with Crippen molar-refractivity contribution in [3.05, 3.63) is 87.7 Å². The second-order valence-corrected chi connectivity index (χ2v) is 8.43. The van der Waals surface area contributed by atoms with Crippen molar-refractivity contribution in [1.29, 1.82) is 0 Å². The highest BCUT2D eigenvalue weighted by atomic mass is 35.5. The highest BCUT2D eigenvalue weighted by Gasteiger charge is 2.16. The van der Waals surface area contributed by atoms with E-state index in [2.05, 4.69) is 11.8 Å². The Balaban J connectivity index is 1.65. The number of halogens is 2. The van der Waals surface area contributed by atoms with Crippen LogP contribution in [0.1, 0.15) is 22.3 Å². The maximum absolute atomic E-state index is 13.4. The summed E-state index contributed by atoms with van der Waals surface area (Å²) in [5.41, 5.74) is 3.93. The predicted molar refractivity (Wildman–Crippen MR) is 122 cm³/mol. The summed E-state index contributed by atoms with van der Waals surface area (Å²) in [5, 5.41) is 1.33. The molecular formula is C25H17ClFNO2S. The fourth-order valence-electron chi connectivity index (χ4n) is 3.05. The number of benzene rings is 2. The zero-order valence-corrected chi connectivity index (χ0v) is 18.1. The Hall–Kier alpha value is -3.04. The lowest BCUT2D eigenvalue weighted by molar-refractivity contribution is 0.107. The monoisotopic (exact) mass is 449 g/mol. The molecule has 0 saturated heterocycles. The number of aromatic nitrogens is 1. The summed E-state index contributed by atoms with van der Waals surface area (Å²) in [4.78, 5) is 16.7. The van der Waals surface area contributed by atoms with Crippen LogP contribution in [0.15, 0.2) is 71.3 Å². The first kappa shape index (κ1) is 21.2. The molecule has 1 aliphatic carbocycles. The molecule has 0 fully saturated rings. The third-order valence-electron chi connectivity index (χ3n) is 4.56. The lowest BCUT2D eigenvalue weighted by atomic mass is 10.1. The van der Waals surface area contributed by atoms with Gasteiger partial charge >= 0.3 is 0 Å². The number of thiazole rings is 1. The average molecular weight is 450 g/mol. The van der Waals surface area contributed by atoms with Crippen molar-refractivity contribution in [1.82, 2.24) is 4.98 Å². The normalized spacial score (nSPS) is 15.4. The van der Waals surface area contributed by atoms with Crippen molar-refractivity contribution in [3.63, 3.8) is 0 Å². The molecular weight excluding hydrogens is 433 g/mol. The molecule has 1 heterocycles. The molecule has 6 heteroatoms. The minimum Gasteiger partial charge on any atom is -0.354 e. The molecule has 4 rings (SSSR count). The van der Waals surface area contributed by atoms with Crippen LogP contribution in [-0.2, 0) is 11.3 Å². The number of allylic oxidation sites excluding steroid dienone is 3. The zero-order chi connectivity index (χ0) is 21.8. The molecule has 3 aromatic rings. The third-order valence-corrected chi connectivity index (χ3v) is 5.87. The first-order valence-electron chi connectivity index (χ1n) is 9.52. The molecule has 154 valence electrons. The van der Waals surface area contributed by atoms with Crippen LogP contribution in [0.5, 0.6) is 0 Å². The summed E-state index contributed by atoms with van der Waals surface area (Å²) >= 11 is 7.66.